The average Bonchev–Trinajstić information content (AvgIpc) is 3.10. The minimum absolute atomic E-state index is 0.0313. The molecule has 1 aromatic heterocycles. The lowest BCUT2D eigenvalue weighted by molar-refractivity contribution is 0.138. The summed E-state index contributed by atoms with van der Waals surface area (Å²) in [5.41, 5.74) is 0.805. The zero-order valence-electron chi connectivity index (χ0n) is 14.7. The van der Waals surface area contributed by atoms with Crippen molar-refractivity contribution in [1.29, 1.82) is 0 Å². The Kier molecular flexibility index (Phi) is 6.01. The molecule has 1 N–H and O–H groups in total. The molecule has 6 heteroatoms. The summed E-state index contributed by atoms with van der Waals surface area (Å²) < 4.78 is 0. The first kappa shape index (κ1) is 17.1. The predicted octanol–water partition coefficient (Wildman–Crippen LogP) is 2.42. The van der Waals surface area contributed by atoms with Crippen molar-refractivity contribution in [3.63, 3.8) is 0 Å². The van der Waals surface area contributed by atoms with Crippen LogP contribution in [0.2, 0.25) is 0 Å². The molecular formula is C18H29N5O. The number of amides is 2. The molecule has 1 atom stereocenters. The van der Waals surface area contributed by atoms with Gasteiger partial charge in [-0.15, -0.1) is 0 Å². The third-order valence-corrected chi connectivity index (χ3v) is 5.32. The summed E-state index contributed by atoms with van der Waals surface area (Å²) in [7, 11) is 1.80. The molecule has 6 nitrogen and oxygen atoms in total. The second kappa shape index (κ2) is 8.42. The highest BCUT2D eigenvalue weighted by Crippen LogP contribution is 2.28. The maximum Gasteiger partial charge on any atom is 0.317 e. The van der Waals surface area contributed by atoms with E-state index in [0.717, 1.165) is 18.3 Å². The van der Waals surface area contributed by atoms with Crippen LogP contribution in [0.5, 0.6) is 0 Å². The number of rotatable bonds is 5. The van der Waals surface area contributed by atoms with Gasteiger partial charge in [0.15, 0.2) is 0 Å². The molecular weight excluding hydrogens is 302 g/mol. The molecule has 132 valence electrons. The monoisotopic (exact) mass is 331 g/mol. The lowest BCUT2D eigenvalue weighted by Crippen LogP contribution is -2.47. The first-order valence-corrected chi connectivity index (χ1v) is 9.23. The van der Waals surface area contributed by atoms with Crippen LogP contribution in [0.4, 0.5) is 4.79 Å². The maximum absolute atomic E-state index is 12.3. The molecule has 3 rings (SSSR count). The standard InChI is InChI=1S/C18H29N5O/c1-22(14-15-12-19-9-10-20-15)18(24)21-13-17-8-5-11-23(17)16-6-3-2-4-7-16/h9-10,12,16-17H,2-8,11,13-14H2,1H3,(H,21,24). The summed E-state index contributed by atoms with van der Waals surface area (Å²) in [4.78, 5) is 24.9. The number of nitrogens with one attached hydrogen (secondary N) is 1. The van der Waals surface area contributed by atoms with E-state index in [1.54, 1.807) is 30.5 Å². The fourth-order valence-electron chi connectivity index (χ4n) is 4.04. The van der Waals surface area contributed by atoms with Crippen LogP contribution < -0.4 is 5.32 Å². The predicted molar refractivity (Wildman–Crippen MR) is 93.5 cm³/mol. The van der Waals surface area contributed by atoms with Crippen LogP contribution in [0.1, 0.15) is 50.6 Å². The highest BCUT2D eigenvalue weighted by atomic mass is 16.2. The zero-order valence-corrected chi connectivity index (χ0v) is 14.7. The van der Waals surface area contributed by atoms with E-state index in [0.29, 0.717) is 12.6 Å². The molecule has 1 unspecified atom stereocenters. The quantitative estimate of drug-likeness (QED) is 0.900. The van der Waals surface area contributed by atoms with E-state index in [9.17, 15) is 4.79 Å². The van der Waals surface area contributed by atoms with Gasteiger partial charge in [0, 0.05) is 38.1 Å². The van der Waals surface area contributed by atoms with Crippen LogP contribution in [0.3, 0.4) is 0 Å². The van der Waals surface area contributed by atoms with E-state index in [4.69, 9.17) is 0 Å². The number of hydrogen-bond donors (Lipinski definition) is 1. The van der Waals surface area contributed by atoms with Gasteiger partial charge >= 0.3 is 6.03 Å². The SMILES string of the molecule is CN(Cc1cnccn1)C(=O)NCC1CCCN1C1CCCCC1. The molecule has 1 aliphatic heterocycles. The molecule has 0 bridgehead atoms. The molecule has 0 radical (unpaired) electrons. The van der Waals surface area contributed by atoms with Crippen molar-refractivity contribution >= 4 is 6.03 Å². The summed E-state index contributed by atoms with van der Waals surface area (Å²) in [5.74, 6) is 0. The van der Waals surface area contributed by atoms with E-state index in [1.165, 1.54) is 51.5 Å². The van der Waals surface area contributed by atoms with Crippen molar-refractivity contribution in [1.82, 2.24) is 25.1 Å². The summed E-state index contributed by atoms with van der Waals surface area (Å²) in [5, 5.41) is 3.11. The molecule has 1 aliphatic carbocycles. The van der Waals surface area contributed by atoms with Gasteiger partial charge < -0.3 is 10.2 Å². The van der Waals surface area contributed by atoms with Crippen LogP contribution >= 0.6 is 0 Å². The minimum atomic E-state index is -0.0313. The van der Waals surface area contributed by atoms with E-state index < -0.39 is 0 Å². The van der Waals surface area contributed by atoms with Crippen molar-refractivity contribution in [2.75, 3.05) is 20.1 Å². The highest BCUT2D eigenvalue weighted by Gasteiger charge is 2.31. The van der Waals surface area contributed by atoms with E-state index in [-0.39, 0.29) is 6.03 Å². The number of nitrogens with zero attached hydrogens (tertiary/aromatic N) is 4. The van der Waals surface area contributed by atoms with E-state index >= 15 is 0 Å². The van der Waals surface area contributed by atoms with Gasteiger partial charge in [-0.05, 0) is 32.2 Å². The Balaban J connectivity index is 1.46. The summed E-state index contributed by atoms with van der Waals surface area (Å²) >= 11 is 0. The maximum atomic E-state index is 12.3. The number of carbonyl (C=O) groups excluding carboxylic acids is 1. The number of aromatic nitrogens is 2. The third-order valence-electron chi connectivity index (χ3n) is 5.32. The topological polar surface area (TPSA) is 61.4 Å². The van der Waals surface area contributed by atoms with Gasteiger partial charge in [0.25, 0.3) is 0 Å². The molecule has 2 fully saturated rings. The summed E-state index contributed by atoms with van der Waals surface area (Å²) in [6, 6.07) is 1.21. The molecule has 2 amide bonds. The van der Waals surface area contributed by atoms with E-state index in [2.05, 4.69) is 20.2 Å². The molecule has 1 aromatic rings. The van der Waals surface area contributed by atoms with Crippen LogP contribution in [-0.2, 0) is 6.54 Å². The number of hydrogen-bond acceptors (Lipinski definition) is 4. The fraction of sp³-hybridized carbons (Fsp3) is 0.722. The Hall–Kier alpha value is -1.69. The van der Waals surface area contributed by atoms with Gasteiger partial charge in [-0.2, -0.15) is 0 Å². The smallest absolute Gasteiger partial charge is 0.317 e. The Morgan fingerprint density at radius 1 is 1.25 bits per heavy atom. The molecule has 24 heavy (non-hydrogen) atoms. The van der Waals surface area contributed by atoms with Gasteiger partial charge in [0.2, 0.25) is 0 Å². The largest absolute Gasteiger partial charge is 0.336 e. The van der Waals surface area contributed by atoms with Crippen molar-refractivity contribution in [2.45, 2.75) is 63.6 Å². The van der Waals surface area contributed by atoms with Gasteiger partial charge in [-0.1, -0.05) is 19.3 Å². The van der Waals surface area contributed by atoms with Gasteiger partial charge in [-0.3, -0.25) is 14.9 Å². The normalized spacial score (nSPS) is 22.5. The van der Waals surface area contributed by atoms with Crippen LogP contribution in [0.25, 0.3) is 0 Å². The lowest BCUT2D eigenvalue weighted by atomic mass is 9.94. The molecule has 1 saturated carbocycles. The van der Waals surface area contributed by atoms with Gasteiger partial charge in [-0.25, -0.2) is 4.79 Å². The third kappa shape index (κ3) is 4.44. The van der Waals surface area contributed by atoms with Crippen molar-refractivity contribution < 1.29 is 4.79 Å². The lowest BCUT2D eigenvalue weighted by Gasteiger charge is -2.35. The van der Waals surface area contributed by atoms with E-state index in [1.807, 2.05) is 0 Å². The first-order chi connectivity index (χ1) is 11.7. The Morgan fingerprint density at radius 3 is 2.83 bits per heavy atom. The Morgan fingerprint density at radius 2 is 2.08 bits per heavy atom. The highest BCUT2D eigenvalue weighted by molar-refractivity contribution is 5.73. The Labute approximate surface area is 144 Å². The number of urea groups is 1. The van der Waals surface area contributed by atoms with Gasteiger partial charge in [0.05, 0.1) is 18.4 Å². The number of carbonyl (C=O) groups is 1. The number of likely N-dealkylation sites (tertiary alicyclic amines) is 1. The second-order valence-electron chi connectivity index (χ2n) is 7.06. The van der Waals surface area contributed by atoms with Crippen molar-refractivity contribution in [3.8, 4) is 0 Å². The minimum Gasteiger partial charge on any atom is -0.336 e. The molecule has 2 heterocycles. The van der Waals surface area contributed by atoms with Crippen molar-refractivity contribution in [2.24, 2.45) is 0 Å². The summed E-state index contributed by atoms with van der Waals surface area (Å²) in [6.07, 6.45) is 14.2. The van der Waals surface area contributed by atoms with Crippen LogP contribution in [0, 0.1) is 0 Å². The molecule has 1 saturated heterocycles. The second-order valence-corrected chi connectivity index (χ2v) is 7.06. The summed E-state index contributed by atoms with van der Waals surface area (Å²) in [6.45, 7) is 2.43. The van der Waals surface area contributed by atoms with Crippen LogP contribution in [-0.4, -0.2) is 58.0 Å². The first-order valence-electron chi connectivity index (χ1n) is 9.23. The molecule has 0 aromatic carbocycles. The van der Waals surface area contributed by atoms with Crippen LogP contribution in [0.15, 0.2) is 18.6 Å². The molecule has 0 spiro atoms. The average molecular weight is 331 g/mol. The molecule has 2 aliphatic rings. The van der Waals surface area contributed by atoms with Gasteiger partial charge in [0.1, 0.15) is 0 Å². The zero-order chi connectivity index (χ0) is 16.8. The Bertz CT molecular complexity index is 517. The fourth-order valence-corrected chi connectivity index (χ4v) is 4.04. The van der Waals surface area contributed by atoms with Crippen molar-refractivity contribution in [3.05, 3.63) is 24.3 Å².